The van der Waals surface area contributed by atoms with Crippen molar-refractivity contribution in [3.63, 3.8) is 0 Å². The van der Waals surface area contributed by atoms with E-state index in [0.717, 1.165) is 12.8 Å². The number of carbonyl (C=O) groups excluding carboxylic acids is 1. The van der Waals surface area contributed by atoms with Gasteiger partial charge in [0, 0.05) is 6.42 Å². The van der Waals surface area contributed by atoms with Crippen molar-refractivity contribution in [3.8, 4) is 5.75 Å². The van der Waals surface area contributed by atoms with Gasteiger partial charge in [-0.05, 0) is 24.1 Å². The van der Waals surface area contributed by atoms with Crippen molar-refractivity contribution >= 4 is 11.9 Å². The molecule has 6 nitrogen and oxygen atoms in total. The van der Waals surface area contributed by atoms with Crippen molar-refractivity contribution in [3.05, 3.63) is 29.8 Å². The van der Waals surface area contributed by atoms with Crippen molar-refractivity contribution < 1.29 is 19.8 Å². The fraction of sp³-hybridized carbons (Fsp3) is 0.467. The Kier molecular flexibility index (Phi) is 6.68. The first-order valence-electron chi connectivity index (χ1n) is 7.00. The molecule has 1 aromatic rings. The molecule has 0 bridgehead atoms. The quantitative estimate of drug-likeness (QED) is 0.572. The summed E-state index contributed by atoms with van der Waals surface area (Å²) >= 11 is 0. The average Bonchev–Trinajstić information content (AvgIpc) is 2.45. The predicted octanol–water partition coefficient (Wildman–Crippen LogP) is 1.02. The number of carboxylic acids is 1. The fourth-order valence-corrected chi connectivity index (χ4v) is 1.90. The second kappa shape index (κ2) is 8.26. The molecule has 0 aliphatic carbocycles. The van der Waals surface area contributed by atoms with Crippen LogP contribution >= 0.6 is 0 Å². The Morgan fingerprint density at radius 3 is 2.43 bits per heavy atom. The number of hydrogen-bond acceptors (Lipinski definition) is 4. The molecule has 6 heteroatoms. The lowest BCUT2D eigenvalue weighted by atomic mass is 10.0. The van der Waals surface area contributed by atoms with Crippen LogP contribution in [-0.4, -0.2) is 34.2 Å². The highest BCUT2D eigenvalue weighted by molar-refractivity contribution is 5.86. The van der Waals surface area contributed by atoms with E-state index < -0.39 is 24.0 Å². The summed E-state index contributed by atoms with van der Waals surface area (Å²) < 4.78 is 0. The first-order chi connectivity index (χ1) is 9.93. The summed E-state index contributed by atoms with van der Waals surface area (Å²) in [6, 6.07) is 4.47. The van der Waals surface area contributed by atoms with Gasteiger partial charge in [0.25, 0.3) is 0 Å². The Morgan fingerprint density at radius 2 is 1.90 bits per heavy atom. The van der Waals surface area contributed by atoms with Crippen LogP contribution in [-0.2, 0) is 16.0 Å². The molecule has 0 fully saturated rings. The van der Waals surface area contributed by atoms with Gasteiger partial charge >= 0.3 is 5.97 Å². The van der Waals surface area contributed by atoms with E-state index in [1.807, 2.05) is 6.92 Å². The van der Waals surface area contributed by atoms with E-state index in [2.05, 4.69) is 5.32 Å². The van der Waals surface area contributed by atoms with Gasteiger partial charge in [0.05, 0.1) is 6.04 Å². The van der Waals surface area contributed by atoms with Crippen molar-refractivity contribution in [2.24, 2.45) is 5.73 Å². The summed E-state index contributed by atoms with van der Waals surface area (Å²) in [5.41, 5.74) is 6.44. The Bertz CT molecular complexity index is 473. The summed E-state index contributed by atoms with van der Waals surface area (Å²) in [5.74, 6) is -1.45. The Morgan fingerprint density at radius 1 is 1.29 bits per heavy atom. The largest absolute Gasteiger partial charge is 0.508 e. The fourth-order valence-electron chi connectivity index (χ4n) is 1.90. The Labute approximate surface area is 124 Å². The number of nitrogens with one attached hydrogen (secondary N) is 1. The molecule has 1 aromatic carbocycles. The molecule has 0 saturated heterocycles. The van der Waals surface area contributed by atoms with Gasteiger partial charge in [-0.2, -0.15) is 0 Å². The van der Waals surface area contributed by atoms with Crippen LogP contribution in [0.5, 0.6) is 5.75 Å². The van der Waals surface area contributed by atoms with Crippen molar-refractivity contribution in [2.75, 3.05) is 0 Å². The number of carboxylic acid groups (broad SMARTS) is 1. The van der Waals surface area contributed by atoms with Crippen LogP contribution in [0.4, 0.5) is 0 Å². The maximum absolute atomic E-state index is 11.9. The van der Waals surface area contributed by atoms with E-state index in [9.17, 15) is 19.8 Å². The van der Waals surface area contributed by atoms with Gasteiger partial charge in [-0.1, -0.05) is 31.9 Å². The zero-order valence-corrected chi connectivity index (χ0v) is 12.1. The number of nitrogens with two attached hydrogens (primary N) is 1. The van der Waals surface area contributed by atoms with Crippen LogP contribution in [0.25, 0.3) is 0 Å². The standard InChI is InChI=1S/C15H22N2O4/c1-2-3-4-12(16)14(19)17-13(15(20)21)9-10-5-7-11(18)8-6-10/h5-8,12-13,18H,2-4,9,16H2,1H3,(H,17,19)(H,20,21). The van der Waals surface area contributed by atoms with Gasteiger partial charge < -0.3 is 21.3 Å². The van der Waals surface area contributed by atoms with Gasteiger partial charge in [0.1, 0.15) is 11.8 Å². The minimum Gasteiger partial charge on any atom is -0.508 e. The summed E-state index contributed by atoms with van der Waals surface area (Å²) in [4.78, 5) is 23.1. The zero-order chi connectivity index (χ0) is 15.8. The van der Waals surface area contributed by atoms with E-state index in [1.54, 1.807) is 12.1 Å². The summed E-state index contributed by atoms with van der Waals surface area (Å²) in [6.45, 7) is 2.00. The van der Waals surface area contributed by atoms with Gasteiger partial charge in [0.2, 0.25) is 5.91 Å². The van der Waals surface area contributed by atoms with Crippen LogP contribution in [0.3, 0.4) is 0 Å². The van der Waals surface area contributed by atoms with Gasteiger partial charge in [-0.25, -0.2) is 4.79 Å². The number of aromatic hydroxyl groups is 1. The number of hydrogen-bond donors (Lipinski definition) is 4. The van der Waals surface area contributed by atoms with Gasteiger partial charge in [0.15, 0.2) is 0 Å². The number of amides is 1. The smallest absolute Gasteiger partial charge is 0.326 e. The molecule has 2 atom stereocenters. The number of unbranched alkanes of at least 4 members (excludes halogenated alkanes) is 1. The SMILES string of the molecule is CCCCC(N)C(=O)NC(Cc1ccc(O)cc1)C(=O)O. The summed E-state index contributed by atoms with van der Waals surface area (Å²) in [7, 11) is 0. The van der Waals surface area contributed by atoms with Gasteiger partial charge in [-0.15, -0.1) is 0 Å². The minimum atomic E-state index is -1.11. The second-order valence-corrected chi connectivity index (χ2v) is 5.02. The molecule has 0 aliphatic rings. The molecule has 0 heterocycles. The predicted molar refractivity (Wildman–Crippen MR) is 78.9 cm³/mol. The van der Waals surface area contributed by atoms with Crippen molar-refractivity contribution in [2.45, 2.75) is 44.7 Å². The first kappa shape index (κ1) is 17.0. The molecule has 0 saturated carbocycles. The highest BCUT2D eigenvalue weighted by Gasteiger charge is 2.23. The van der Waals surface area contributed by atoms with Crippen LogP contribution in [0, 0.1) is 0 Å². The van der Waals surface area contributed by atoms with Crippen LogP contribution < -0.4 is 11.1 Å². The monoisotopic (exact) mass is 294 g/mol. The summed E-state index contributed by atoms with van der Waals surface area (Å²) in [6.07, 6.45) is 2.43. The van der Waals surface area contributed by atoms with Crippen molar-refractivity contribution in [1.29, 1.82) is 0 Å². The molecule has 1 amide bonds. The second-order valence-electron chi connectivity index (χ2n) is 5.02. The molecule has 0 spiro atoms. The van der Waals surface area contributed by atoms with E-state index in [1.165, 1.54) is 12.1 Å². The van der Waals surface area contributed by atoms with Crippen LogP contribution in [0.1, 0.15) is 31.7 Å². The van der Waals surface area contributed by atoms with E-state index in [4.69, 9.17) is 5.73 Å². The topological polar surface area (TPSA) is 113 Å². The number of rotatable bonds is 8. The first-order valence-corrected chi connectivity index (χ1v) is 7.00. The number of phenolic OH excluding ortho intramolecular Hbond substituents is 1. The van der Waals surface area contributed by atoms with Crippen molar-refractivity contribution in [1.82, 2.24) is 5.32 Å². The molecule has 116 valence electrons. The van der Waals surface area contributed by atoms with E-state index in [0.29, 0.717) is 12.0 Å². The third-order valence-electron chi connectivity index (χ3n) is 3.20. The zero-order valence-electron chi connectivity index (χ0n) is 12.1. The maximum atomic E-state index is 11.9. The lowest BCUT2D eigenvalue weighted by molar-refractivity contribution is -0.142. The summed E-state index contributed by atoms with van der Waals surface area (Å²) in [5, 5.41) is 20.9. The van der Waals surface area contributed by atoms with E-state index in [-0.39, 0.29) is 12.2 Å². The normalized spacial score (nSPS) is 13.4. The Hall–Kier alpha value is -2.08. The maximum Gasteiger partial charge on any atom is 0.326 e. The third-order valence-corrected chi connectivity index (χ3v) is 3.20. The molecule has 0 aromatic heterocycles. The number of phenols is 1. The lowest BCUT2D eigenvalue weighted by Gasteiger charge is -2.18. The molecule has 5 N–H and O–H groups in total. The average molecular weight is 294 g/mol. The third kappa shape index (κ3) is 5.83. The van der Waals surface area contributed by atoms with E-state index >= 15 is 0 Å². The number of benzene rings is 1. The molecular weight excluding hydrogens is 272 g/mol. The highest BCUT2D eigenvalue weighted by Crippen LogP contribution is 2.11. The molecule has 1 rings (SSSR count). The molecule has 0 aliphatic heterocycles. The Balaban J connectivity index is 2.63. The molecule has 0 radical (unpaired) electrons. The van der Waals surface area contributed by atoms with Gasteiger partial charge in [-0.3, -0.25) is 4.79 Å². The number of carbonyl (C=O) groups is 2. The minimum absolute atomic E-state index is 0.108. The molecule has 21 heavy (non-hydrogen) atoms. The molecular formula is C15H22N2O4. The highest BCUT2D eigenvalue weighted by atomic mass is 16.4. The van der Waals surface area contributed by atoms with Crippen LogP contribution in [0.15, 0.2) is 24.3 Å². The lowest BCUT2D eigenvalue weighted by Crippen LogP contribution is -2.49. The number of aliphatic carboxylic acids is 1. The molecule has 2 unspecified atom stereocenters. The van der Waals surface area contributed by atoms with Crippen LogP contribution in [0.2, 0.25) is 0 Å².